The van der Waals surface area contributed by atoms with Crippen LogP contribution in [0, 0.1) is 5.92 Å². The number of alkyl halides is 3. The number of carbonyl (C=O) groups excluding carboxylic acids is 1. The topological polar surface area (TPSA) is 131 Å². The van der Waals surface area contributed by atoms with Crippen LogP contribution in [0.1, 0.15) is 30.1 Å². The molecular weight excluding hydrogens is 445 g/mol. The molecule has 1 saturated carbocycles. The predicted molar refractivity (Wildman–Crippen MR) is 112 cm³/mol. The van der Waals surface area contributed by atoms with Crippen molar-refractivity contribution < 1.29 is 27.9 Å². The van der Waals surface area contributed by atoms with Crippen molar-refractivity contribution in [1.29, 1.82) is 0 Å². The standard InChI is InChI=1S/C20H19F3N6O4/c1-2-28-7-13(15-16(28)25-9-29(18(15)31)8-20(21,22)23)26-12-5-14(24-6-11(12)19(32)33)27-17(30)10-3-4-10/h5-7,9-10H,2-4,8H2,1H3,(H,32,33)(H2,24,26,27,30). The van der Waals surface area contributed by atoms with Gasteiger partial charge < -0.3 is 20.3 Å². The Bertz CT molecular complexity index is 1310. The lowest BCUT2D eigenvalue weighted by Gasteiger charge is -2.12. The van der Waals surface area contributed by atoms with Crippen LogP contribution in [0.25, 0.3) is 11.0 Å². The van der Waals surface area contributed by atoms with Crippen LogP contribution >= 0.6 is 0 Å². The van der Waals surface area contributed by atoms with Crippen LogP contribution < -0.4 is 16.2 Å². The maximum absolute atomic E-state index is 12.9. The molecule has 0 bridgehead atoms. The van der Waals surface area contributed by atoms with Crippen LogP contribution in [0.4, 0.5) is 30.4 Å². The average molecular weight is 464 g/mol. The molecule has 1 aliphatic carbocycles. The third-order valence-electron chi connectivity index (χ3n) is 5.14. The number of hydrogen-bond donors (Lipinski definition) is 3. The number of rotatable bonds is 7. The van der Waals surface area contributed by atoms with Gasteiger partial charge in [0.25, 0.3) is 5.56 Å². The fraction of sp³-hybridized carbons (Fsp3) is 0.350. The molecule has 0 spiro atoms. The fourth-order valence-corrected chi connectivity index (χ4v) is 3.37. The van der Waals surface area contributed by atoms with Crippen LogP contribution in [0.2, 0.25) is 0 Å². The number of nitrogens with zero attached hydrogens (tertiary/aromatic N) is 4. The van der Waals surface area contributed by atoms with E-state index in [4.69, 9.17) is 0 Å². The maximum Gasteiger partial charge on any atom is 0.406 e. The number of aromatic carboxylic acids is 1. The van der Waals surface area contributed by atoms with E-state index < -0.39 is 24.2 Å². The number of pyridine rings is 1. The first-order valence-electron chi connectivity index (χ1n) is 10.0. The second-order valence-corrected chi connectivity index (χ2v) is 7.63. The summed E-state index contributed by atoms with van der Waals surface area (Å²) in [5.74, 6) is -1.57. The summed E-state index contributed by atoms with van der Waals surface area (Å²) >= 11 is 0. The number of carbonyl (C=O) groups is 2. The Morgan fingerprint density at radius 1 is 1.21 bits per heavy atom. The van der Waals surface area contributed by atoms with Crippen molar-refractivity contribution in [1.82, 2.24) is 19.1 Å². The molecule has 174 valence electrons. The molecule has 0 aromatic carbocycles. The predicted octanol–water partition coefficient (Wildman–Crippen LogP) is 2.97. The molecule has 3 N–H and O–H groups in total. The number of nitrogens with one attached hydrogen (secondary N) is 2. The monoisotopic (exact) mass is 464 g/mol. The minimum atomic E-state index is -4.63. The van der Waals surface area contributed by atoms with Gasteiger partial charge in [0.2, 0.25) is 5.91 Å². The fourth-order valence-electron chi connectivity index (χ4n) is 3.37. The van der Waals surface area contributed by atoms with Gasteiger partial charge in [0.05, 0.1) is 11.4 Å². The summed E-state index contributed by atoms with van der Waals surface area (Å²) in [6.45, 7) is 0.601. The minimum absolute atomic E-state index is 0.00405. The van der Waals surface area contributed by atoms with E-state index in [1.807, 2.05) is 0 Å². The van der Waals surface area contributed by atoms with Crippen molar-refractivity contribution in [3.05, 3.63) is 40.7 Å². The molecule has 1 fully saturated rings. The molecule has 33 heavy (non-hydrogen) atoms. The number of aromatic nitrogens is 4. The van der Waals surface area contributed by atoms with Gasteiger partial charge in [0, 0.05) is 30.9 Å². The van der Waals surface area contributed by atoms with Gasteiger partial charge in [-0.2, -0.15) is 13.2 Å². The first kappa shape index (κ1) is 22.3. The molecule has 3 aromatic heterocycles. The zero-order valence-corrected chi connectivity index (χ0v) is 17.3. The Hall–Kier alpha value is -3.90. The number of hydrogen-bond acceptors (Lipinski definition) is 6. The highest BCUT2D eigenvalue weighted by Gasteiger charge is 2.31. The van der Waals surface area contributed by atoms with Gasteiger partial charge in [-0.25, -0.2) is 14.8 Å². The summed E-state index contributed by atoms with van der Waals surface area (Å²) in [5.41, 5.74) is -0.952. The van der Waals surface area contributed by atoms with Gasteiger partial charge in [-0.15, -0.1) is 0 Å². The summed E-state index contributed by atoms with van der Waals surface area (Å²) in [4.78, 5) is 44.5. The molecule has 0 atom stereocenters. The SMILES string of the molecule is CCn1cc(Nc2cc(NC(=O)C3CC3)ncc2C(=O)O)c2c(=O)n(CC(F)(F)F)cnc21. The molecule has 0 saturated heterocycles. The van der Waals surface area contributed by atoms with E-state index >= 15 is 0 Å². The first-order valence-corrected chi connectivity index (χ1v) is 10.0. The van der Waals surface area contributed by atoms with Crippen LogP contribution in [0.15, 0.2) is 29.6 Å². The molecule has 3 aromatic rings. The van der Waals surface area contributed by atoms with Crippen molar-refractivity contribution in [2.45, 2.75) is 39.0 Å². The molecule has 4 rings (SSSR count). The van der Waals surface area contributed by atoms with Crippen molar-refractivity contribution in [2.75, 3.05) is 10.6 Å². The first-order chi connectivity index (χ1) is 15.6. The highest BCUT2D eigenvalue weighted by atomic mass is 19.4. The minimum Gasteiger partial charge on any atom is -0.478 e. The van der Waals surface area contributed by atoms with E-state index in [9.17, 15) is 32.7 Å². The Morgan fingerprint density at radius 2 is 1.94 bits per heavy atom. The van der Waals surface area contributed by atoms with Gasteiger partial charge >= 0.3 is 12.1 Å². The van der Waals surface area contributed by atoms with E-state index in [0.29, 0.717) is 11.1 Å². The third-order valence-corrected chi connectivity index (χ3v) is 5.14. The summed E-state index contributed by atoms with van der Waals surface area (Å²) in [6, 6.07) is 1.30. The van der Waals surface area contributed by atoms with Gasteiger partial charge in [0.1, 0.15) is 35.3 Å². The van der Waals surface area contributed by atoms with Crippen LogP contribution in [-0.4, -0.2) is 42.3 Å². The van der Waals surface area contributed by atoms with E-state index in [0.717, 1.165) is 25.4 Å². The van der Waals surface area contributed by atoms with Gasteiger partial charge in [-0.05, 0) is 19.8 Å². The van der Waals surface area contributed by atoms with Crippen LogP contribution in [0.3, 0.4) is 0 Å². The summed E-state index contributed by atoms with van der Waals surface area (Å²) in [5, 5.41) is 14.8. The zero-order chi connectivity index (χ0) is 23.9. The molecular formula is C20H19F3N6O4. The van der Waals surface area contributed by atoms with Crippen molar-refractivity contribution in [2.24, 2.45) is 5.92 Å². The van der Waals surface area contributed by atoms with E-state index in [2.05, 4.69) is 20.6 Å². The molecule has 1 amide bonds. The second-order valence-electron chi connectivity index (χ2n) is 7.63. The highest BCUT2D eigenvalue weighted by Crippen LogP contribution is 2.32. The summed E-state index contributed by atoms with van der Waals surface area (Å²) in [7, 11) is 0. The summed E-state index contributed by atoms with van der Waals surface area (Å²) in [6.07, 6.45) is 0.235. The average Bonchev–Trinajstić information content (AvgIpc) is 3.52. The Balaban J connectivity index is 1.78. The van der Waals surface area contributed by atoms with E-state index in [1.165, 1.54) is 12.3 Å². The van der Waals surface area contributed by atoms with Crippen LogP contribution in [0.5, 0.6) is 0 Å². The lowest BCUT2D eigenvalue weighted by Crippen LogP contribution is -2.28. The van der Waals surface area contributed by atoms with E-state index in [1.54, 1.807) is 11.5 Å². The lowest BCUT2D eigenvalue weighted by atomic mass is 10.2. The molecule has 3 heterocycles. The number of aryl methyl sites for hydroxylation is 1. The van der Waals surface area contributed by atoms with Crippen molar-refractivity contribution in [3.63, 3.8) is 0 Å². The number of carboxylic acids is 1. The van der Waals surface area contributed by atoms with Gasteiger partial charge in [-0.1, -0.05) is 0 Å². The highest BCUT2D eigenvalue weighted by molar-refractivity contribution is 6.00. The van der Waals surface area contributed by atoms with Gasteiger partial charge in [-0.3, -0.25) is 14.2 Å². The number of carboxylic acid groups (broad SMARTS) is 1. The van der Waals surface area contributed by atoms with Crippen molar-refractivity contribution >= 4 is 40.1 Å². The van der Waals surface area contributed by atoms with Crippen molar-refractivity contribution in [3.8, 4) is 0 Å². The molecule has 0 aliphatic heterocycles. The number of amides is 1. The summed E-state index contributed by atoms with van der Waals surface area (Å²) < 4.78 is 40.6. The normalized spacial score (nSPS) is 13.8. The third kappa shape index (κ3) is 4.66. The largest absolute Gasteiger partial charge is 0.478 e. The smallest absolute Gasteiger partial charge is 0.406 e. The molecule has 13 heteroatoms. The number of fused-ring (bicyclic) bond motifs is 1. The zero-order valence-electron chi connectivity index (χ0n) is 17.3. The van der Waals surface area contributed by atoms with Gasteiger partial charge in [0.15, 0.2) is 0 Å². The lowest BCUT2D eigenvalue weighted by molar-refractivity contribution is -0.141. The Morgan fingerprint density at radius 3 is 2.55 bits per heavy atom. The molecule has 1 aliphatic rings. The number of anilines is 3. The van der Waals surface area contributed by atoms with E-state index in [-0.39, 0.29) is 45.6 Å². The second kappa shape index (κ2) is 8.22. The van der Waals surface area contributed by atoms with Crippen LogP contribution in [-0.2, 0) is 17.9 Å². The number of halogens is 3. The molecule has 0 radical (unpaired) electrons. The molecule has 10 nitrogen and oxygen atoms in total. The Kier molecular flexibility index (Phi) is 5.56. The molecule has 0 unspecified atom stereocenters. The quantitative estimate of drug-likeness (QED) is 0.490. The maximum atomic E-state index is 12.9. The Labute approximate surface area is 184 Å².